The maximum absolute atomic E-state index is 6.49. The Hall–Kier alpha value is -1.54. The first-order valence-corrected chi connectivity index (χ1v) is 14.0. The quantitative estimate of drug-likeness (QED) is 0.257. The molecule has 1 saturated carbocycles. The minimum Gasteiger partial charge on any atom is -0.477 e. The molecule has 0 N–H and O–H groups in total. The van der Waals surface area contributed by atoms with E-state index >= 15 is 0 Å². The summed E-state index contributed by atoms with van der Waals surface area (Å²) in [4.78, 5) is 4.50. The second-order valence-electron chi connectivity index (χ2n) is 9.96. The normalized spacial score (nSPS) is 18.4. The number of halogens is 1. The van der Waals surface area contributed by atoms with Crippen molar-refractivity contribution in [3.8, 4) is 17.0 Å². The van der Waals surface area contributed by atoms with Gasteiger partial charge in [0.05, 0.1) is 6.61 Å². The highest BCUT2D eigenvalue weighted by molar-refractivity contribution is 6.32. The number of hydrogen-bond acceptors (Lipinski definition) is 2. The maximum Gasteiger partial charge on any atom is 0.232 e. The molecule has 0 bridgehead atoms. The van der Waals surface area contributed by atoms with Crippen molar-refractivity contribution in [2.75, 3.05) is 6.61 Å². The molecule has 1 heterocycles. The van der Waals surface area contributed by atoms with Gasteiger partial charge in [0.1, 0.15) is 5.02 Å². The van der Waals surface area contributed by atoms with Gasteiger partial charge in [0.15, 0.2) is 0 Å². The second-order valence-corrected chi connectivity index (χ2v) is 10.4. The molecular formula is C30H44ClNO. The number of pyridine rings is 1. The zero-order chi connectivity index (χ0) is 23.3. The summed E-state index contributed by atoms with van der Waals surface area (Å²) in [7, 11) is 0. The third-order valence-electron chi connectivity index (χ3n) is 7.32. The number of rotatable bonds is 14. The molecule has 0 amide bonds. The van der Waals surface area contributed by atoms with Crippen LogP contribution in [0.5, 0.6) is 5.88 Å². The van der Waals surface area contributed by atoms with Crippen LogP contribution in [-0.4, -0.2) is 11.6 Å². The van der Waals surface area contributed by atoms with Crippen LogP contribution in [0.25, 0.3) is 11.1 Å². The Morgan fingerprint density at radius 3 is 2.18 bits per heavy atom. The fourth-order valence-electron chi connectivity index (χ4n) is 5.16. The largest absolute Gasteiger partial charge is 0.477 e. The Labute approximate surface area is 207 Å². The van der Waals surface area contributed by atoms with Crippen LogP contribution in [0.4, 0.5) is 0 Å². The number of aromatic nitrogens is 1. The Morgan fingerprint density at radius 2 is 1.48 bits per heavy atom. The van der Waals surface area contributed by atoms with Crippen LogP contribution in [0.15, 0.2) is 36.5 Å². The van der Waals surface area contributed by atoms with Crippen molar-refractivity contribution in [1.29, 1.82) is 0 Å². The SMILES string of the molecule is CCCCCCCCOc1ncc(-c2ccc([C@H]3CC[C@H](CCCCC)CC3)cc2)cc1Cl. The van der Waals surface area contributed by atoms with Crippen molar-refractivity contribution < 1.29 is 4.74 Å². The van der Waals surface area contributed by atoms with E-state index < -0.39 is 0 Å². The van der Waals surface area contributed by atoms with Crippen LogP contribution in [0.3, 0.4) is 0 Å². The predicted molar refractivity (Wildman–Crippen MR) is 142 cm³/mol. The summed E-state index contributed by atoms with van der Waals surface area (Å²) in [5.41, 5.74) is 3.71. The molecule has 1 fully saturated rings. The standard InChI is InChI=1S/C30H44ClNO/c1-3-5-7-8-9-11-21-33-30-29(31)22-28(23-32-30)27-19-17-26(18-20-27)25-15-13-24(14-16-25)12-10-6-4-2/h17-20,22-25H,3-16,21H2,1-2H3/t24-,25-. The van der Waals surface area contributed by atoms with E-state index in [0.717, 1.165) is 23.8 Å². The molecule has 1 aromatic carbocycles. The summed E-state index contributed by atoms with van der Waals surface area (Å²) in [6, 6.07) is 11.1. The molecule has 1 aliphatic carbocycles. The van der Waals surface area contributed by atoms with E-state index in [9.17, 15) is 0 Å². The van der Waals surface area contributed by atoms with E-state index in [1.165, 1.54) is 94.6 Å². The van der Waals surface area contributed by atoms with Gasteiger partial charge in [0.2, 0.25) is 5.88 Å². The Kier molecular flexibility index (Phi) is 11.6. The molecule has 0 radical (unpaired) electrons. The lowest BCUT2D eigenvalue weighted by molar-refractivity contribution is 0.293. The van der Waals surface area contributed by atoms with Gasteiger partial charge in [-0.1, -0.05) is 108 Å². The summed E-state index contributed by atoms with van der Waals surface area (Å²) in [6.07, 6.45) is 20.4. The molecule has 3 heteroatoms. The average Bonchev–Trinajstić information content (AvgIpc) is 2.85. The zero-order valence-electron chi connectivity index (χ0n) is 21.0. The maximum atomic E-state index is 6.49. The summed E-state index contributed by atoms with van der Waals surface area (Å²) in [5, 5.41) is 0.601. The topological polar surface area (TPSA) is 22.1 Å². The molecule has 2 nitrogen and oxygen atoms in total. The minimum atomic E-state index is 0.557. The van der Waals surface area contributed by atoms with Crippen LogP contribution >= 0.6 is 11.6 Å². The van der Waals surface area contributed by atoms with Crippen molar-refractivity contribution in [1.82, 2.24) is 4.98 Å². The number of nitrogens with zero attached hydrogens (tertiary/aromatic N) is 1. The third-order valence-corrected chi connectivity index (χ3v) is 7.59. The number of unbranched alkanes of at least 4 members (excludes halogenated alkanes) is 7. The lowest BCUT2D eigenvalue weighted by atomic mass is 9.77. The van der Waals surface area contributed by atoms with E-state index in [-0.39, 0.29) is 0 Å². The number of ether oxygens (including phenoxy) is 1. The van der Waals surface area contributed by atoms with Crippen LogP contribution < -0.4 is 4.74 Å². The zero-order valence-corrected chi connectivity index (χ0v) is 21.7. The van der Waals surface area contributed by atoms with Crippen molar-refractivity contribution in [2.24, 2.45) is 5.92 Å². The van der Waals surface area contributed by atoms with Crippen LogP contribution in [0.1, 0.15) is 115 Å². The van der Waals surface area contributed by atoms with Crippen LogP contribution in [0, 0.1) is 5.92 Å². The van der Waals surface area contributed by atoms with Crippen molar-refractivity contribution in [3.05, 3.63) is 47.1 Å². The molecular weight excluding hydrogens is 426 g/mol. The first-order valence-electron chi connectivity index (χ1n) is 13.6. The summed E-state index contributed by atoms with van der Waals surface area (Å²) < 4.78 is 5.83. The fourth-order valence-corrected chi connectivity index (χ4v) is 5.38. The highest BCUT2D eigenvalue weighted by atomic mass is 35.5. The molecule has 0 spiro atoms. The Morgan fingerprint density at radius 1 is 0.818 bits per heavy atom. The molecule has 182 valence electrons. The van der Waals surface area contributed by atoms with E-state index in [4.69, 9.17) is 16.3 Å². The van der Waals surface area contributed by atoms with Crippen molar-refractivity contribution in [2.45, 2.75) is 110 Å². The van der Waals surface area contributed by atoms with Gasteiger partial charge in [-0.25, -0.2) is 4.98 Å². The van der Waals surface area contributed by atoms with Gasteiger partial charge in [-0.3, -0.25) is 0 Å². The van der Waals surface area contributed by atoms with Gasteiger partial charge in [-0.05, 0) is 61.1 Å². The van der Waals surface area contributed by atoms with E-state index in [0.29, 0.717) is 17.5 Å². The van der Waals surface area contributed by atoms with Gasteiger partial charge in [0, 0.05) is 11.8 Å². The Balaban J connectivity index is 1.46. The van der Waals surface area contributed by atoms with Crippen LogP contribution in [-0.2, 0) is 0 Å². The molecule has 2 aromatic rings. The predicted octanol–water partition coefficient (Wildman–Crippen LogP) is 10.00. The van der Waals surface area contributed by atoms with Gasteiger partial charge in [-0.2, -0.15) is 0 Å². The average molecular weight is 470 g/mol. The first-order chi connectivity index (χ1) is 16.2. The second kappa shape index (κ2) is 14.7. The van der Waals surface area contributed by atoms with Gasteiger partial charge in [-0.15, -0.1) is 0 Å². The highest BCUT2D eigenvalue weighted by Crippen LogP contribution is 2.38. The number of benzene rings is 1. The molecule has 1 aromatic heterocycles. The van der Waals surface area contributed by atoms with Crippen molar-refractivity contribution in [3.63, 3.8) is 0 Å². The molecule has 0 aliphatic heterocycles. The minimum absolute atomic E-state index is 0.557. The molecule has 1 aliphatic rings. The molecule has 0 unspecified atom stereocenters. The fraction of sp³-hybridized carbons (Fsp3) is 0.633. The third kappa shape index (κ3) is 8.63. The van der Waals surface area contributed by atoms with Crippen LogP contribution in [0.2, 0.25) is 5.02 Å². The van der Waals surface area contributed by atoms with E-state index in [2.05, 4.69) is 43.1 Å². The molecule has 0 saturated heterocycles. The lowest BCUT2D eigenvalue weighted by Crippen LogP contribution is -2.13. The monoisotopic (exact) mass is 469 g/mol. The van der Waals surface area contributed by atoms with Crippen molar-refractivity contribution >= 4 is 11.6 Å². The summed E-state index contributed by atoms with van der Waals surface area (Å²) >= 11 is 6.49. The molecule has 3 rings (SSSR count). The van der Waals surface area contributed by atoms with Gasteiger partial charge < -0.3 is 4.74 Å². The molecule has 33 heavy (non-hydrogen) atoms. The molecule has 0 atom stereocenters. The van der Waals surface area contributed by atoms with Gasteiger partial charge >= 0.3 is 0 Å². The lowest BCUT2D eigenvalue weighted by Gasteiger charge is -2.29. The first kappa shape index (κ1) is 26.1. The Bertz CT molecular complexity index is 795. The van der Waals surface area contributed by atoms with E-state index in [1.807, 2.05) is 12.3 Å². The summed E-state index contributed by atoms with van der Waals surface area (Å²) in [6.45, 7) is 5.23. The smallest absolute Gasteiger partial charge is 0.232 e. The van der Waals surface area contributed by atoms with Gasteiger partial charge in [0.25, 0.3) is 0 Å². The summed E-state index contributed by atoms with van der Waals surface area (Å²) in [5.74, 6) is 2.24. The van der Waals surface area contributed by atoms with E-state index in [1.54, 1.807) is 0 Å². The number of hydrogen-bond donors (Lipinski definition) is 0. The highest BCUT2D eigenvalue weighted by Gasteiger charge is 2.22.